The molecule has 0 amide bonds. The van der Waals surface area contributed by atoms with Crippen molar-refractivity contribution in [2.75, 3.05) is 0 Å². The molecule has 1 rings (SSSR count). The van der Waals surface area contributed by atoms with Crippen molar-refractivity contribution >= 4 is 0 Å². The number of rotatable bonds is 6. The second kappa shape index (κ2) is 7.91. The van der Waals surface area contributed by atoms with E-state index in [0.29, 0.717) is 6.04 Å². The van der Waals surface area contributed by atoms with Crippen LogP contribution in [0.1, 0.15) is 52.0 Å². The summed E-state index contributed by atoms with van der Waals surface area (Å²) in [4.78, 5) is 0. The Labute approximate surface area is 104 Å². The van der Waals surface area contributed by atoms with Gasteiger partial charge in [-0.2, -0.15) is 0 Å². The fraction of sp³-hybridized carbons (Fsp3) is 0.750. The van der Waals surface area contributed by atoms with Crippen LogP contribution in [0.4, 0.5) is 0 Å². The zero-order valence-electron chi connectivity index (χ0n) is 10.1. The van der Waals surface area contributed by atoms with Crippen LogP contribution in [0.5, 0.6) is 0 Å². The maximum absolute atomic E-state index is 2.36. The fourth-order valence-electron chi connectivity index (χ4n) is 1.90. The Hall–Kier alpha value is -0.310. The molecule has 0 saturated heterocycles. The largest absolute Gasteiger partial charge is 1.00 e. The van der Waals surface area contributed by atoms with Gasteiger partial charge in [0.05, 0.1) is 7.05 Å². The van der Waals surface area contributed by atoms with E-state index >= 15 is 0 Å². The third-order valence-corrected chi connectivity index (χ3v) is 2.72. The molecule has 15 heavy (non-hydrogen) atoms. The SMILES string of the molecule is CCCCC(CCC)n1cc[n+](C)c1.[Br-]. The van der Waals surface area contributed by atoms with E-state index in [2.05, 4.69) is 48.8 Å². The minimum absolute atomic E-state index is 0. The van der Waals surface area contributed by atoms with Crippen LogP contribution >= 0.6 is 0 Å². The molecule has 0 radical (unpaired) electrons. The zero-order chi connectivity index (χ0) is 10.4. The summed E-state index contributed by atoms with van der Waals surface area (Å²) in [6.45, 7) is 4.53. The van der Waals surface area contributed by atoms with Gasteiger partial charge >= 0.3 is 0 Å². The fourth-order valence-corrected chi connectivity index (χ4v) is 1.90. The maximum atomic E-state index is 2.36. The molecule has 1 aromatic rings. The van der Waals surface area contributed by atoms with Crippen LogP contribution in [0, 0.1) is 0 Å². The number of aryl methyl sites for hydroxylation is 1. The quantitative estimate of drug-likeness (QED) is 0.638. The van der Waals surface area contributed by atoms with E-state index in [4.69, 9.17) is 0 Å². The lowest BCUT2D eigenvalue weighted by Gasteiger charge is -2.11. The van der Waals surface area contributed by atoms with Crippen LogP contribution < -0.4 is 21.5 Å². The molecule has 0 fully saturated rings. The third kappa shape index (κ3) is 4.83. The maximum Gasteiger partial charge on any atom is 0.243 e. The molecule has 3 heteroatoms. The zero-order valence-corrected chi connectivity index (χ0v) is 11.7. The first-order valence-electron chi connectivity index (χ1n) is 5.80. The highest BCUT2D eigenvalue weighted by molar-refractivity contribution is 4.75. The van der Waals surface area contributed by atoms with Gasteiger partial charge in [0.1, 0.15) is 18.4 Å². The highest BCUT2D eigenvalue weighted by atomic mass is 79.9. The van der Waals surface area contributed by atoms with E-state index in [0.717, 1.165) is 0 Å². The van der Waals surface area contributed by atoms with Crippen LogP contribution in [-0.4, -0.2) is 4.57 Å². The molecule has 0 aliphatic heterocycles. The summed E-state index contributed by atoms with van der Waals surface area (Å²) in [7, 11) is 2.08. The third-order valence-electron chi connectivity index (χ3n) is 2.72. The first-order valence-corrected chi connectivity index (χ1v) is 5.80. The number of halogens is 1. The van der Waals surface area contributed by atoms with Gasteiger partial charge in [-0.25, -0.2) is 9.13 Å². The minimum Gasteiger partial charge on any atom is -1.00 e. The average molecular weight is 275 g/mol. The van der Waals surface area contributed by atoms with Crippen LogP contribution in [-0.2, 0) is 7.05 Å². The van der Waals surface area contributed by atoms with Gasteiger partial charge in [-0.05, 0) is 19.3 Å². The van der Waals surface area contributed by atoms with Gasteiger partial charge < -0.3 is 17.0 Å². The highest BCUT2D eigenvalue weighted by Crippen LogP contribution is 2.19. The Kier molecular flexibility index (Phi) is 7.75. The molecule has 0 aliphatic carbocycles. The Bertz CT molecular complexity index is 258. The summed E-state index contributed by atoms with van der Waals surface area (Å²) in [5.74, 6) is 0. The average Bonchev–Trinajstić information content (AvgIpc) is 2.59. The molecule has 0 saturated carbocycles. The molecule has 0 spiro atoms. The molecule has 88 valence electrons. The molecule has 1 aromatic heterocycles. The Morgan fingerprint density at radius 2 is 1.93 bits per heavy atom. The molecule has 1 atom stereocenters. The minimum atomic E-state index is 0. The molecular weight excluding hydrogens is 252 g/mol. The van der Waals surface area contributed by atoms with Crippen molar-refractivity contribution in [1.29, 1.82) is 0 Å². The lowest BCUT2D eigenvalue weighted by atomic mass is 10.1. The van der Waals surface area contributed by atoms with E-state index in [1.165, 1.54) is 32.1 Å². The van der Waals surface area contributed by atoms with Crippen LogP contribution in [0.2, 0.25) is 0 Å². The summed E-state index contributed by atoms with van der Waals surface area (Å²) < 4.78 is 4.48. The summed E-state index contributed by atoms with van der Waals surface area (Å²) in [5, 5.41) is 0. The second-order valence-corrected chi connectivity index (χ2v) is 4.11. The molecule has 0 N–H and O–H groups in total. The van der Waals surface area contributed by atoms with Crippen LogP contribution in [0.3, 0.4) is 0 Å². The monoisotopic (exact) mass is 274 g/mol. The normalized spacial score (nSPS) is 12.2. The van der Waals surface area contributed by atoms with Crippen molar-refractivity contribution in [1.82, 2.24) is 4.57 Å². The van der Waals surface area contributed by atoms with Crippen molar-refractivity contribution in [3.8, 4) is 0 Å². The van der Waals surface area contributed by atoms with E-state index < -0.39 is 0 Å². The number of unbranched alkanes of at least 4 members (excludes halogenated alkanes) is 1. The molecular formula is C12H23BrN2. The molecule has 0 aliphatic rings. The number of aromatic nitrogens is 2. The van der Waals surface area contributed by atoms with E-state index in [9.17, 15) is 0 Å². The van der Waals surface area contributed by atoms with Crippen molar-refractivity contribution < 1.29 is 21.5 Å². The van der Waals surface area contributed by atoms with Gasteiger partial charge in [-0.15, -0.1) is 0 Å². The predicted octanol–water partition coefficient (Wildman–Crippen LogP) is -0.152. The van der Waals surface area contributed by atoms with Crippen molar-refractivity contribution in [2.45, 2.75) is 52.0 Å². The van der Waals surface area contributed by atoms with Crippen LogP contribution in [0.25, 0.3) is 0 Å². The van der Waals surface area contributed by atoms with Crippen molar-refractivity contribution in [3.05, 3.63) is 18.7 Å². The van der Waals surface area contributed by atoms with E-state index in [-0.39, 0.29) is 17.0 Å². The number of imidazole rings is 1. The highest BCUT2D eigenvalue weighted by Gasteiger charge is 2.14. The standard InChI is InChI=1S/C12H23N2.BrH/c1-4-6-8-12(7-5-2)14-10-9-13(3)11-14;/h9-12H,4-8H2,1-3H3;1H/q+1;/p-1. The second-order valence-electron chi connectivity index (χ2n) is 4.11. The number of hydrogen-bond acceptors (Lipinski definition) is 0. The summed E-state index contributed by atoms with van der Waals surface area (Å²) in [6.07, 6.45) is 13.0. The van der Waals surface area contributed by atoms with Gasteiger partial charge in [-0.3, -0.25) is 0 Å². The van der Waals surface area contributed by atoms with E-state index in [1.807, 2.05) is 0 Å². The first-order chi connectivity index (χ1) is 6.77. The lowest BCUT2D eigenvalue weighted by Crippen LogP contribution is -3.00. The number of hydrogen-bond donors (Lipinski definition) is 0. The van der Waals surface area contributed by atoms with Gasteiger partial charge in [0.2, 0.25) is 6.33 Å². The van der Waals surface area contributed by atoms with Gasteiger partial charge in [0, 0.05) is 0 Å². The smallest absolute Gasteiger partial charge is 0.243 e. The van der Waals surface area contributed by atoms with Crippen molar-refractivity contribution in [2.24, 2.45) is 7.05 Å². The van der Waals surface area contributed by atoms with Gasteiger partial charge in [-0.1, -0.05) is 26.7 Å². The summed E-state index contributed by atoms with van der Waals surface area (Å²) in [5.41, 5.74) is 0. The van der Waals surface area contributed by atoms with Gasteiger partial charge in [0.15, 0.2) is 0 Å². The Morgan fingerprint density at radius 1 is 1.20 bits per heavy atom. The Balaban J connectivity index is 0.00000196. The predicted molar refractivity (Wildman–Crippen MR) is 59.1 cm³/mol. The van der Waals surface area contributed by atoms with Crippen LogP contribution in [0.15, 0.2) is 18.7 Å². The lowest BCUT2D eigenvalue weighted by molar-refractivity contribution is -0.671. The number of nitrogens with zero attached hydrogens (tertiary/aromatic N) is 2. The van der Waals surface area contributed by atoms with E-state index in [1.54, 1.807) is 0 Å². The first kappa shape index (κ1) is 14.7. The Morgan fingerprint density at radius 3 is 2.40 bits per heavy atom. The topological polar surface area (TPSA) is 8.81 Å². The van der Waals surface area contributed by atoms with Crippen molar-refractivity contribution in [3.63, 3.8) is 0 Å². The van der Waals surface area contributed by atoms with Gasteiger partial charge in [0.25, 0.3) is 0 Å². The molecule has 0 bridgehead atoms. The molecule has 1 heterocycles. The molecule has 0 aromatic carbocycles. The molecule has 1 unspecified atom stereocenters. The molecule has 2 nitrogen and oxygen atoms in total. The summed E-state index contributed by atoms with van der Waals surface area (Å²) in [6, 6.07) is 0.709. The summed E-state index contributed by atoms with van der Waals surface area (Å²) >= 11 is 0.